The maximum atomic E-state index is 14.1. The van der Waals surface area contributed by atoms with Gasteiger partial charge < -0.3 is 5.32 Å². The van der Waals surface area contributed by atoms with Crippen LogP contribution in [0.4, 0.5) is 10.2 Å². The summed E-state index contributed by atoms with van der Waals surface area (Å²) >= 11 is 1.23. The van der Waals surface area contributed by atoms with E-state index in [9.17, 15) is 9.18 Å². The van der Waals surface area contributed by atoms with Gasteiger partial charge in [0.1, 0.15) is 11.6 Å². The zero-order chi connectivity index (χ0) is 19.9. The van der Waals surface area contributed by atoms with Crippen molar-refractivity contribution in [3.8, 4) is 11.4 Å². The molecule has 0 saturated heterocycles. The number of anilines is 1. The van der Waals surface area contributed by atoms with Crippen LogP contribution in [0.3, 0.4) is 0 Å². The number of nitrogens with zero attached hydrogens (tertiary/aromatic N) is 5. The first-order valence-corrected chi connectivity index (χ1v) is 9.86. The molecule has 0 radical (unpaired) electrons. The number of aromatic nitrogens is 5. The molecule has 3 aromatic rings. The van der Waals surface area contributed by atoms with Gasteiger partial charge in [0.25, 0.3) is 0 Å². The molecule has 0 aliphatic heterocycles. The number of nitrogens with one attached hydrogen (secondary N) is 1. The van der Waals surface area contributed by atoms with Crippen molar-refractivity contribution in [2.75, 3.05) is 11.1 Å². The third-order valence-corrected chi connectivity index (χ3v) is 4.86. The third-order valence-electron chi connectivity index (χ3n) is 3.90. The van der Waals surface area contributed by atoms with E-state index in [1.807, 2.05) is 6.92 Å². The van der Waals surface area contributed by atoms with Crippen LogP contribution in [0, 0.1) is 5.82 Å². The molecule has 2 aromatic heterocycles. The van der Waals surface area contributed by atoms with Crippen molar-refractivity contribution in [3.05, 3.63) is 55.0 Å². The smallest absolute Gasteiger partial charge is 0.235 e. The number of benzene rings is 1. The molecule has 1 aromatic carbocycles. The Labute approximate surface area is 166 Å². The van der Waals surface area contributed by atoms with Crippen molar-refractivity contribution in [1.82, 2.24) is 24.5 Å². The fraction of sp³-hybridized carbons (Fsp3) is 0.263. The molecular weight excluding hydrogens is 379 g/mol. The monoisotopic (exact) mass is 400 g/mol. The van der Waals surface area contributed by atoms with E-state index < -0.39 is 0 Å². The fourth-order valence-electron chi connectivity index (χ4n) is 2.67. The minimum atomic E-state index is -0.376. The molecule has 0 atom stereocenters. The number of carbonyl (C=O) groups is 1. The summed E-state index contributed by atoms with van der Waals surface area (Å²) in [6.07, 6.45) is 4.25. The van der Waals surface area contributed by atoms with Crippen LogP contribution in [0.5, 0.6) is 0 Å². The van der Waals surface area contributed by atoms with E-state index in [4.69, 9.17) is 0 Å². The summed E-state index contributed by atoms with van der Waals surface area (Å²) in [7, 11) is 0. The van der Waals surface area contributed by atoms with E-state index in [0.29, 0.717) is 28.9 Å². The Hall–Kier alpha value is -2.94. The van der Waals surface area contributed by atoms with Crippen LogP contribution < -0.4 is 5.32 Å². The lowest BCUT2D eigenvalue weighted by atomic mass is 10.2. The average molecular weight is 400 g/mol. The highest BCUT2D eigenvalue weighted by Gasteiger charge is 2.17. The highest BCUT2D eigenvalue weighted by atomic mass is 32.2. The van der Waals surface area contributed by atoms with Crippen LogP contribution in [-0.4, -0.2) is 36.2 Å². The van der Waals surface area contributed by atoms with Gasteiger partial charge in [-0.25, -0.2) is 9.07 Å². The van der Waals surface area contributed by atoms with Crippen molar-refractivity contribution < 1.29 is 9.18 Å². The van der Waals surface area contributed by atoms with E-state index in [2.05, 4.69) is 27.2 Å². The van der Waals surface area contributed by atoms with Gasteiger partial charge in [0.15, 0.2) is 11.0 Å². The standard InChI is InChI=1S/C19H21FN6OS/c1-3-11-25-18(14-7-5-6-8-15(14)20)23-24-19(25)28-13-17(27)22-16-9-10-21-26(16)12-4-2/h3,5-10H,1,4,11-13H2,2H3,(H,22,27). The maximum absolute atomic E-state index is 14.1. The molecule has 0 aliphatic rings. The Balaban J connectivity index is 1.72. The molecule has 0 unspecified atom stereocenters. The highest BCUT2D eigenvalue weighted by Crippen LogP contribution is 2.26. The van der Waals surface area contributed by atoms with Gasteiger partial charge in [0.05, 0.1) is 17.5 Å². The SMILES string of the molecule is C=CCn1c(SCC(=O)Nc2ccnn2CCC)nnc1-c1ccccc1F. The minimum absolute atomic E-state index is 0.143. The maximum Gasteiger partial charge on any atom is 0.235 e. The second-order valence-corrected chi connectivity index (χ2v) is 6.90. The van der Waals surface area contributed by atoms with E-state index >= 15 is 0 Å². The number of halogens is 1. The lowest BCUT2D eigenvalue weighted by Gasteiger charge is -2.09. The second kappa shape index (κ2) is 9.32. The lowest BCUT2D eigenvalue weighted by molar-refractivity contribution is -0.113. The van der Waals surface area contributed by atoms with E-state index in [0.717, 1.165) is 13.0 Å². The summed E-state index contributed by atoms with van der Waals surface area (Å²) in [5.41, 5.74) is 0.358. The van der Waals surface area contributed by atoms with Crippen LogP contribution in [0.1, 0.15) is 13.3 Å². The van der Waals surface area contributed by atoms with Gasteiger partial charge in [-0.3, -0.25) is 9.36 Å². The molecule has 1 N–H and O–H groups in total. The predicted molar refractivity (Wildman–Crippen MR) is 107 cm³/mol. The van der Waals surface area contributed by atoms with Crippen LogP contribution in [0.15, 0.2) is 54.3 Å². The number of hydrogen-bond acceptors (Lipinski definition) is 5. The lowest BCUT2D eigenvalue weighted by Crippen LogP contribution is -2.18. The molecule has 0 fully saturated rings. The molecule has 1 amide bonds. The molecule has 0 bridgehead atoms. The van der Waals surface area contributed by atoms with Gasteiger partial charge in [-0.05, 0) is 18.6 Å². The average Bonchev–Trinajstić information content (AvgIpc) is 3.28. The zero-order valence-electron chi connectivity index (χ0n) is 15.5. The van der Waals surface area contributed by atoms with Crippen molar-refractivity contribution in [3.63, 3.8) is 0 Å². The summed E-state index contributed by atoms with van der Waals surface area (Å²) in [6.45, 7) is 6.92. The van der Waals surface area contributed by atoms with E-state index in [1.54, 1.807) is 45.8 Å². The van der Waals surface area contributed by atoms with Gasteiger partial charge in [-0.2, -0.15) is 5.10 Å². The van der Waals surface area contributed by atoms with Crippen molar-refractivity contribution in [2.45, 2.75) is 31.6 Å². The minimum Gasteiger partial charge on any atom is -0.310 e. The summed E-state index contributed by atoms with van der Waals surface area (Å²) in [6, 6.07) is 8.15. The first-order chi connectivity index (χ1) is 13.6. The Morgan fingerprint density at radius 2 is 2.14 bits per heavy atom. The van der Waals surface area contributed by atoms with Gasteiger partial charge >= 0.3 is 0 Å². The van der Waals surface area contributed by atoms with Gasteiger partial charge in [0.2, 0.25) is 5.91 Å². The van der Waals surface area contributed by atoms with Crippen LogP contribution in [-0.2, 0) is 17.9 Å². The molecular formula is C19H21FN6OS. The molecule has 146 valence electrons. The Kier molecular flexibility index (Phi) is 6.59. The summed E-state index contributed by atoms with van der Waals surface area (Å²) in [5.74, 6) is 0.653. The Morgan fingerprint density at radius 1 is 1.32 bits per heavy atom. The number of rotatable bonds is 9. The molecule has 2 heterocycles. The number of aryl methyl sites for hydroxylation is 1. The quantitative estimate of drug-likeness (QED) is 0.439. The van der Waals surface area contributed by atoms with E-state index in [-0.39, 0.29) is 17.5 Å². The summed E-state index contributed by atoms with van der Waals surface area (Å²) in [4.78, 5) is 12.3. The molecule has 7 nitrogen and oxygen atoms in total. The van der Waals surface area contributed by atoms with Crippen LogP contribution in [0.25, 0.3) is 11.4 Å². The first-order valence-electron chi connectivity index (χ1n) is 8.87. The van der Waals surface area contributed by atoms with E-state index in [1.165, 1.54) is 17.8 Å². The predicted octanol–water partition coefficient (Wildman–Crippen LogP) is 3.61. The fourth-order valence-corrected chi connectivity index (χ4v) is 3.42. The number of allylic oxidation sites excluding steroid dienone is 1. The zero-order valence-corrected chi connectivity index (χ0v) is 16.3. The molecule has 0 saturated carbocycles. The van der Waals surface area contributed by atoms with Gasteiger partial charge in [0, 0.05) is 19.2 Å². The molecule has 3 rings (SSSR count). The number of thioether (sulfide) groups is 1. The largest absolute Gasteiger partial charge is 0.310 e. The second-order valence-electron chi connectivity index (χ2n) is 5.96. The molecule has 9 heteroatoms. The van der Waals surface area contributed by atoms with Crippen LogP contribution in [0.2, 0.25) is 0 Å². The topological polar surface area (TPSA) is 77.6 Å². The van der Waals surface area contributed by atoms with Crippen molar-refractivity contribution >= 4 is 23.5 Å². The van der Waals surface area contributed by atoms with Gasteiger partial charge in [-0.1, -0.05) is 36.9 Å². The molecule has 0 spiro atoms. The van der Waals surface area contributed by atoms with Crippen molar-refractivity contribution in [1.29, 1.82) is 0 Å². The summed E-state index contributed by atoms with van der Waals surface area (Å²) < 4.78 is 17.6. The van der Waals surface area contributed by atoms with Gasteiger partial charge in [-0.15, -0.1) is 16.8 Å². The normalized spacial score (nSPS) is 10.8. The highest BCUT2D eigenvalue weighted by molar-refractivity contribution is 7.99. The molecule has 28 heavy (non-hydrogen) atoms. The molecule has 0 aliphatic carbocycles. The number of carbonyl (C=O) groups excluding carboxylic acids is 1. The summed E-state index contributed by atoms with van der Waals surface area (Å²) in [5, 5.41) is 15.8. The Morgan fingerprint density at radius 3 is 2.89 bits per heavy atom. The number of hydrogen-bond donors (Lipinski definition) is 1. The number of amides is 1. The first kappa shape index (κ1) is 19.8. The van der Waals surface area contributed by atoms with Crippen molar-refractivity contribution in [2.24, 2.45) is 0 Å². The third kappa shape index (κ3) is 4.48. The Bertz CT molecular complexity index is 967. The van der Waals surface area contributed by atoms with Crippen LogP contribution >= 0.6 is 11.8 Å².